The van der Waals surface area contributed by atoms with Gasteiger partial charge in [0.15, 0.2) is 5.76 Å². The van der Waals surface area contributed by atoms with E-state index >= 15 is 0 Å². The summed E-state index contributed by atoms with van der Waals surface area (Å²) in [5.74, 6) is -0.600. The van der Waals surface area contributed by atoms with Gasteiger partial charge in [0, 0.05) is 48.4 Å². The normalized spacial score (nSPS) is 23.3. The number of nitrogens with one attached hydrogen (secondary N) is 3. The SMILES string of the molecule is O=C(NC1CC1)c1cccc(-c2cnc(NC3CCCCC3NC3CCCN(c4cnc(C(F)(F)F)nc4)C3)o2)c1. The summed E-state index contributed by atoms with van der Waals surface area (Å²) >= 11 is 0. The smallest absolute Gasteiger partial charge is 0.424 e. The molecule has 2 aromatic heterocycles. The van der Waals surface area contributed by atoms with Crippen molar-refractivity contribution < 1.29 is 22.4 Å². The molecule has 3 atom stereocenters. The van der Waals surface area contributed by atoms with Crippen LogP contribution in [0.2, 0.25) is 0 Å². The lowest BCUT2D eigenvalue weighted by Gasteiger charge is -2.40. The zero-order chi connectivity index (χ0) is 28.4. The first-order valence-corrected chi connectivity index (χ1v) is 14.4. The molecule has 3 aliphatic rings. The summed E-state index contributed by atoms with van der Waals surface area (Å²) in [7, 11) is 0. The molecule has 0 bridgehead atoms. The molecular formula is C29H34F3N7O2. The van der Waals surface area contributed by atoms with Gasteiger partial charge in [-0.05, 0) is 50.7 Å². The van der Waals surface area contributed by atoms with Crippen molar-refractivity contribution in [3.05, 3.63) is 54.2 Å². The van der Waals surface area contributed by atoms with Crippen molar-refractivity contribution in [3.63, 3.8) is 0 Å². The van der Waals surface area contributed by atoms with E-state index in [0.717, 1.165) is 63.5 Å². The van der Waals surface area contributed by atoms with Crippen LogP contribution in [-0.4, -0.2) is 58.1 Å². The highest BCUT2D eigenvalue weighted by Crippen LogP contribution is 2.29. The topological polar surface area (TPSA) is 108 Å². The Morgan fingerprint density at radius 1 is 0.927 bits per heavy atom. The highest BCUT2D eigenvalue weighted by atomic mass is 19.4. The zero-order valence-corrected chi connectivity index (χ0v) is 22.7. The van der Waals surface area contributed by atoms with Crippen LogP contribution >= 0.6 is 0 Å². The molecular weight excluding hydrogens is 535 g/mol. The van der Waals surface area contributed by atoms with Crippen molar-refractivity contribution in [3.8, 4) is 11.3 Å². The van der Waals surface area contributed by atoms with Gasteiger partial charge in [-0.1, -0.05) is 25.0 Å². The van der Waals surface area contributed by atoms with Crippen LogP contribution in [0.25, 0.3) is 11.3 Å². The van der Waals surface area contributed by atoms with Crippen LogP contribution in [0.4, 0.5) is 24.9 Å². The van der Waals surface area contributed by atoms with E-state index in [9.17, 15) is 18.0 Å². The van der Waals surface area contributed by atoms with Gasteiger partial charge >= 0.3 is 6.18 Å². The quantitative estimate of drug-likeness (QED) is 0.347. The zero-order valence-electron chi connectivity index (χ0n) is 22.7. The van der Waals surface area contributed by atoms with Crippen molar-refractivity contribution in [2.45, 2.75) is 81.7 Å². The molecule has 1 aliphatic heterocycles. The molecule has 0 radical (unpaired) electrons. The number of aromatic nitrogens is 3. The van der Waals surface area contributed by atoms with Crippen molar-refractivity contribution in [2.24, 2.45) is 0 Å². The fraction of sp³-hybridized carbons (Fsp3) is 0.517. The van der Waals surface area contributed by atoms with Gasteiger partial charge in [-0.15, -0.1) is 0 Å². The highest BCUT2D eigenvalue weighted by molar-refractivity contribution is 5.95. The van der Waals surface area contributed by atoms with Crippen LogP contribution < -0.4 is 20.9 Å². The van der Waals surface area contributed by atoms with E-state index in [4.69, 9.17) is 4.42 Å². The molecule has 2 aliphatic carbocycles. The van der Waals surface area contributed by atoms with Gasteiger partial charge in [0.25, 0.3) is 11.9 Å². The average Bonchev–Trinajstić information content (AvgIpc) is 3.67. The Morgan fingerprint density at radius 3 is 2.46 bits per heavy atom. The Labute approximate surface area is 236 Å². The molecule has 1 amide bonds. The van der Waals surface area contributed by atoms with E-state index in [-0.39, 0.29) is 24.0 Å². The number of carbonyl (C=O) groups is 1. The summed E-state index contributed by atoms with van der Waals surface area (Å²) in [6.07, 6.45) is 7.81. The van der Waals surface area contributed by atoms with Gasteiger partial charge in [-0.2, -0.15) is 13.2 Å². The molecule has 6 rings (SSSR count). The standard InChI is InChI=1S/C29H34F3N7O2/c30-29(31,32)27-33-14-22(15-34-27)39-12-4-7-21(17-39)36-23-8-1-2-9-24(23)38-28-35-16-25(41-28)18-5-3-6-19(13-18)26(40)37-20-10-11-20/h3,5-6,13-16,20-21,23-24,36H,1-2,4,7-12,17H2,(H,35,38)(H,37,40). The maximum atomic E-state index is 12.9. The van der Waals surface area contributed by atoms with Crippen molar-refractivity contribution in [1.29, 1.82) is 0 Å². The molecule has 218 valence electrons. The third kappa shape index (κ3) is 6.80. The number of alkyl halides is 3. The molecule has 2 saturated carbocycles. The molecule has 3 fully saturated rings. The second kappa shape index (κ2) is 11.7. The molecule has 1 saturated heterocycles. The second-order valence-electron chi connectivity index (χ2n) is 11.2. The largest absolute Gasteiger partial charge is 0.451 e. The molecule has 0 spiro atoms. The first-order valence-electron chi connectivity index (χ1n) is 14.4. The lowest BCUT2D eigenvalue weighted by Crippen LogP contribution is -2.55. The molecule has 1 aromatic carbocycles. The Balaban J connectivity index is 1.07. The van der Waals surface area contributed by atoms with E-state index in [1.807, 2.05) is 23.1 Å². The molecule has 3 aromatic rings. The first-order chi connectivity index (χ1) is 19.8. The molecule has 3 unspecified atom stereocenters. The summed E-state index contributed by atoms with van der Waals surface area (Å²) in [4.78, 5) is 26.0. The van der Waals surface area contributed by atoms with Gasteiger partial charge in [0.05, 0.1) is 24.3 Å². The van der Waals surface area contributed by atoms with Crippen molar-refractivity contribution in [1.82, 2.24) is 25.6 Å². The van der Waals surface area contributed by atoms with E-state index in [1.54, 1.807) is 12.3 Å². The maximum absolute atomic E-state index is 12.9. The van der Waals surface area contributed by atoms with Gasteiger partial charge in [-0.3, -0.25) is 4.79 Å². The maximum Gasteiger partial charge on any atom is 0.451 e. The summed E-state index contributed by atoms with van der Waals surface area (Å²) < 4.78 is 44.7. The number of amides is 1. The molecule has 12 heteroatoms. The monoisotopic (exact) mass is 569 g/mol. The number of hydrogen-bond acceptors (Lipinski definition) is 8. The number of hydrogen-bond donors (Lipinski definition) is 3. The molecule has 41 heavy (non-hydrogen) atoms. The minimum absolute atomic E-state index is 0.0736. The number of halogens is 3. The van der Waals surface area contributed by atoms with Crippen LogP contribution in [0.3, 0.4) is 0 Å². The van der Waals surface area contributed by atoms with E-state index < -0.39 is 12.0 Å². The highest BCUT2D eigenvalue weighted by Gasteiger charge is 2.35. The molecule has 9 nitrogen and oxygen atoms in total. The van der Waals surface area contributed by atoms with Crippen LogP contribution in [0.5, 0.6) is 0 Å². The first kappa shape index (κ1) is 27.5. The number of anilines is 2. The van der Waals surface area contributed by atoms with Gasteiger partial charge < -0.3 is 25.3 Å². The third-order valence-electron chi connectivity index (χ3n) is 8.03. The van der Waals surface area contributed by atoms with Crippen LogP contribution in [0.1, 0.15) is 67.5 Å². The number of carbonyl (C=O) groups excluding carboxylic acids is 1. The summed E-state index contributed by atoms with van der Waals surface area (Å²) in [5.41, 5.74) is 1.99. The Bertz CT molecular complexity index is 1340. The Morgan fingerprint density at radius 2 is 1.71 bits per heavy atom. The lowest BCUT2D eigenvalue weighted by molar-refractivity contribution is -0.145. The van der Waals surface area contributed by atoms with Gasteiger partial charge in [-0.25, -0.2) is 15.0 Å². The average molecular weight is 570 g/mol. The summed E-state index contributed by atoms with van der Waals surface area (Å²) in [6.45, 7) is 1.42. The summed E-state index contributed by atoms with van der Waals surface area (Å²) in [6, 6.07) is 8.60. The van der Waals surface area contributed by atoms with Crippen molar-refractivity contribution in [2.75, 3.05) is 23.3 Å². The molecule has 3 heterocycles. The predicted octanol–water partition coefficient (Wildman–Crippen LogP) is 5.02. The number of benzene rings is 1. The number of oxazole rings is 1. The van der Waals surface area contributed by atoms with E-state index in [0.29, 0.717) is 35.6 Å². The number of piperidine rings is 1. The predicted molar refractivity (Wildman–Crippen MR) is 147 cm³/mol. The van der Waals surface area contributed by atoms with Crippen LogP contribution in [0, 0.1) is 0 Å². The van der Waals surface area contributed by atoms with Gasteiger partial charge in [0.2, 0.25) is 5.82 Å². The van der Waals surface area contributed by atoms with Gasteiger partial charge in [0.1, 0.15) is 0 Å². The third-order valence-corrected chi connectivity index (χ3v) is 8.03. The Kier molecular flexibility index (Phi) is 7.83. The van der Waals surface area contributed by atoms with Crippen LogP contribution in [0.15, 0.2) is 47.3 Å². The summed E-state index contributed by atoms with van der Waals surface area (Å²) in [5, 5.41) is 10.3. The van der Waals surface area contributed by atoms with E-state index in [1.165, 1.54) is 12.4 Å². The lowest BCUT2D eigenvalue weighted by atomic mass is 9.89. The van der Waals surface area contributed by atoms with Crippen molar-refractivity contribution >= 4 is 17.6 Å². The second-order valence-corrected chi connectivity index (χ2v) is 11.2. The minimum Gasteiger partial charge on any atom is -0.424 e. The number of rotatable bonds is 8. The fourth-order valence-corrected chi connectivity index (χ4v) is 5.73. The Hall–Kier alpha value is -3.67. The number of nitrogens with zero attached hydrogens (tertiary/aromatic N) is 4. The van der Waals surface area contributed by atoms with Crippen LogP contribution in [-0.2, 0) is 6.18 Å². The van der Waals surface area contributed by atoms with E-state index in [2.05, 4.69) is 30.9 Å². The minimum atomic E-state index is -4.55. The molecule has 3 N–H and O–H groups in total. The fourth-order valence-electron chi connectivity index (χ4n) is 5.73.